The van der Waals surface area contributed by atoms with Gasteiger partial charge in [-0.2, -0.15) is 0 Å². The molecule has 94 valence electrons. The topological polar surface area (TPSA) is 0 Å². The molecule has 0 aliphatic heterocycles. The SMILES string of the molecule is CCCCc1ccc(C)cc1-c1cccc(C)c1. The monoisotopic (exact) mass is 238 g/mol. The molecule has 0 radical (unpaired) electrons. The van der Waals surface area contributed by atoms with E-state index in [1.165, 1.54) is 47.1 Å². The molecular weight excluding hydrogens is 216 g/mol. The summed E-state index contributed by atoms with van der Waals surface area (Å²) in [5, 5.41) is 0. The van der Waals surface area contributed by atoms with Gasteiger partial charge in [0.2, 0.25) is 0 Å². The van der Waals surface area contributed by atoms with Gasteiger partial charge in [0.05, 0.1) is 0 Å². The summed E-state index contributed by atoms with van der Waals surface area (Å²) in [4.78, 5) is 0. The first-order valence-corrected chi connectivity index (χ1v) is 6.87. The summed E-state index contributed by atoms with van der Waals surface area (Å²) in [6.45, 7) is 6.58. The van der Waals surface area contributed by atoms with Crippen molar-refractivity contribution in [3.63, 3.8) is 0 Å². The molecule has 2 aromatic rings. The molecule has 18 heavy (non-hydrogen) atoms. The van der Waals surface area contributed by atoms with E-state index in [2.05, 4.69) is 63.2 Å². The first kappa shape index (κ1) is 12.9. The second-order valence-corrected chi connectivity index (χ2v) is 5.13. The molecule has 2 rings (SSSR count). The largest absolute Gasteiger partial charge is 0.0654 e. The maximum atomic E-state index is 2.32. The molecule has 0 saturated heterocycles. The number of rotatable bonds is 4. The van der Waals surface area contributed by atoms with Gasteiger partial charge in [-0.3, -0.25) is 0 Å². The van der Waals surface area contributed by atoms with Gasteiger partial charge in [-0.25, -0.2) is 0 Å². The Morgan fingerprint density at radius 1 is 0.889 bits per heavy atom. The average Bonchev–Trinajstić information content (AvgIpc) is 2.37. The van der Waals surface area contributed by atoms with E-state index in [-0.39, 0.29) is 0 Å². The molecule has 0 saturated carbocycles. The molecule has 0 aromatic heterocycles. The standard InChI is InChI=1S/C18H22/c1-4-5-8-16-11-10-15(3)13-18(16)17-9-6-7-14(2)12-17/h6-7,9-13H,4-5,8H2,1-3H3. The van der Waals surface area contributed by atoms with Gasteiger partial charge in [0.1, 0.15) is 0 Å². The molecule has 0 heterocycles. The van der Waals surface area contributed by atoms with Crippen LogP contribution in [0.5, 0.6) is 0 Å². The van der Waals surface area contributed by atoms with Crippen LogP contribution in [0, 0.1) is 13.8 Å². The van der Waals surface area contributed by atoms with Gasteiger partial charge in [0.15, 0.2) is 0 Å². The quantitative estimate of drug-likeness (QED) is 0.677. The lowest BCUT2D eigenvalue weighted by atomic mass is 9.94. The third-order valence-corrected chi connectivity index (χ3v) is 3.39. The minimum absolute atomic E-state index is 1.18. The molecule has 0 aliphatic rings. The number of benzene rings is 2. The molecule has 0 spiro atoms. The van der Waals surface area contributed by atoms with Crippen LogP contribution in [0.2, 0.25) is 0 Å². The van der Waals surface area contributed by atoms with Crippen LogP contribution in [0.15, 0.2) is 42.5 Å². The minimum Gasteiger partial charge on any atom is -0.0654 e. The van der Waals surface area contributed by atoms with Gasteiger partial charge in [-0.05, 0) is 43.4 Å². The fourth-order valence-corrected chi connectivity index (χ4v) is 2.36. The highest BCUT2D eigenvalue weighted by molar-refractivity contribution is 5.68. The van der Waals surface area contributed by atoms with Crippen LogP contribution in [0.3, 0.4) is 0 Å². The van der Waals surface area contributed by atoms with E-state index in [0.29, 0.717) is 0 Å². The second kappa shape index (κ2) is 5.86. The Morgan fingerprint density at radius 3 is 2.39 bits per heavy atom. The van der Waals surface area contributed by atoms with Gasteiger partial charge >= 0.3 is 0 Å². The zero-order chi connectivity index (χ0) is 13.0. The summed E-state index contributed by atoms with van der Waals surface area (Å²) in [5.41, 5.74) is 6.91. The third-order valence-electron chi connectivity index (χ3n) is 3.39. The van der Waals surface area contributed by atoms with E-state index in [0.717, 1.165) is 0 Å². The molecule has 0 N–H and O–H groups in total. The normalized spacial score (nSPS) is 10.6. The van der Waals surface area contributed by atoms with E-state index >= 15 is 0 Å². The van der Waals surface area contributed by atoms with Crippen molar-refractivity contribution >= 4 is 0 Å². The fraction of sp³-hybridized carbons (Fsp3) is 0.333. The Labute approximate surface area is 111 Å². The highest BCUT2D eigenvalue weighted by Gasteiger charge is 2.05. The lowest BCUT2D eigenvalue weighted by molar-refractivity contribution is 0.796. The predicted octanol–water partition coefficient (Wildman–Crippen LogP) is 5.31. The Kier molecular flexibility index (Phi) is 4.19. The van der Waals surface area contributed by atoms with Crippen molar-refractivity contribution in [1.82, 2.24) is 0 Å². The number of aryl methyl sites for hydroxylation is 3. The van der Waals surface area contributed by atoms with Crippen LogP contribution in [0.4, 0.5) is 0 Å². The van der Waals surface area contributed by atoms with Crippen LogP contribution >= 0.6 is 0 Å². The highest BCUT2D eigenvalue weighted by Crippen LogP contribution is 2.27. The predicted molar refractivity (Wildman–Crippen MR) is 80.0 cm³/mol. The van der Waals surface area contributed by atoms with E-state index in [1.807, 2.05) is 0 Å². The maximum Gasteiger partial charge on any atom is -0.0149 e. The van der Waals surface area contributed by atoms with Gasteiger partial charge in [-0.1, -0.05) is 66.9 Å². The molecule has 0 amide bonds. The molecule has 2 aromatic carbocycles. The van der Waals surface area contributed by atoms with Crippen LogP contribution in [-0.4, -0.2) is 0 Å². The second-order valence-electron chi connectivity index (χ2n) is 5.13. The summed E-state index contributed by atoms with van der Waals surface area (Å²) < 4.78 is 0. The van der Waals surface area contributed by atoms with Gasteiger partial charge < -0.3 is 0 Å². The molecular formula is C18H22. The van der Waals surface area contributed by atoms with Crippen LogP contribution < -0.4 is 0 Å². The maximum absolute atomic E-state index is 2.32. The first-order valence-electron chi connectivity index (χ1n) is 6.87. The average molecular weight is 238 g/mol. The fourth-order valence-electron chi connectivity index (χ4n) is 2.36. The number of hydrogen-bond acceptors (Lipinski definition) is 0. The smallest absolute Gasteiger partial charge is 0.0149 e. The Bertz CT molecular complexity index is 523. The van der Waals surface area contributed by atoms with Crippen molar-refractivity contribution in [2.75, 3.05) is 0 Å². The summed E-state index contributed by atoms with van der Waals surface area (Å²) in [6.07, 6.45) is 3.70. The van der Waals surface area contributed by atoms with Crippen LogP contribution in [-0.2, 0) is 6.42 Å². The molecule has 0 fully saturated rings. The van der Waals surface area contributed by atoms with Gasteiger partial charge in [0.25, 0.3) is 0 Å². The van der Waals surface area contributed by atoms with Crippen molar-refractivity contribution < 1.29 is 0 Å². The van der Waals surface area contributed by atoms with E-state index in [1.54, 1.807) is 0 Å². The molecule has 0 bridgehead atoms. The molecule has 0 atom stereocenters. The number of hydrogen-bond donors (Lipinski definition) is 0. The summed E-state index contributed by atoms with van der Waals surface area (Å²) in [5.74, 6) is 0. The first-order chi connectivity index (χ1) is 8.70. The number of unbranched alkanes of at least 4 members (excludes halogenated alkanes) is 1. The summed E-state index contributed by atoms with van der Waals surface area (Å²) in [7, 11) is 0. The van der Waals surface area contributed by atoms with Gasteiger partial charge in [0, 0.05) is 0 Å². The third kappa shape index (κ3) is 3.01. The Morgan fingerprint density at radius 2 is 1.67 bits per heavy atom. The molecule has 0 nitrogen and oxygen atoms in total. The van der Waals surface area contributed by atoms with E-state index < -0.39 is 0 Å². The van der Waals surface area contributed by atoms with E-state index in [4.69, 9.17) is 0 Å². The highest BCUT2D eigenvalue weighted by atomic mass is 14.1. The van der Waals surface area contributed by atoms with Crippen LogP contribution in [0.25, 0.3) is 11.1 Å². The molecule has 0 heteroatoms. The van der Waals surface area contributed by atoms with Crippen molar-refractivity contribution in [2.24, 2.45) is 0 Å². The van der Waals surface area contributed by atoms with E-state index in [9.17, 15) is 0 Å². The van der Waals surface area contributed by atoms with Crippen molar-refractivity contribution in [3.05, 3.63) is 59.2 Å². The lowest BCUT2D eigenvalue weighted by Gasteiger charge is -2.11. The van der Waals surface area contributed by atoms with Crippen molar-refractivity contribution in [2.45, 2.75) is 40.0 Å². The molecule has 0 unspecified atom stereocenters. The summed E-state index contributed by atoms with van der Waals surface area (Å²) in [6, 6.07) is 15.6. The van der Waals surface area contributed by atoms with Crippen molar-refractivity contribution in [3.8, 4) is 11.1 Å². The minimum atomic E-state index is 1.18. The Balaban J connectivity index is 2.44. The van der Waals surface area contributed by atoms with Crippen molar-refractivity contribution in [1.29, 1.82) is 0 Å². The molecule has 0 aliphatic carbocycles. The zero-order valence-electron chi connectivity index (χ0n) is 11.7. The van der Waals surface area contributed by atoms with Crippen LogP contribution in [0.1, 0.15) is 36.5 Å². The lowest BCUT2D eigenvalue weighted by Crippen LogP contribution is -1.92. The zero-order valence-corrected chi connectivity index (χ0v) is 11.7. The summed E-state index contributed by atoms with van der Waals surface area (Å²) >= 11 is 0. The Hall–Kier alpha value is -1.56. The van der Waals surface area contributed by atoms with Gasteiger partial charge in [-0.15, -0.1) is 0 Å².